The van der Waals surface area contributed by atoms with Crippen molar-refractivity contribution in [3.05, 3.63) is 17.0 Å². The number of nitrogens with zero attached hydrogens (tertiary/aromatic N) is 2. The average molecular weight is 283 g/mol. The van der Waals surface area contributed by atoms with Crippen LogP contribution in [0.5, 0.6) is 0 Å². The Kier molecular flexibility index (Phi) is 6.51. The van der Waals surface area contributed by atoms with Crippen molar-refractivity contribution in [2.24, 2.45) is 0 Å². The molecule has 0 radical (unpaired) electrons. The Morgan fingerprint density at radius 3 is 2.75 bits per heavy atom. The van der Waals surface area contributed by atoms with Crippen LogP contribution >= 0.6 is 0 Å². The number of carbonyl (C=O) groups is 1. The fourth-order valence-electron chi connectivity index (χ4n) is 1.94. The summed E-state index contributed by atoms with van der Waals surface area (Å²) < 4.78 is 5.10. The Morgan fingerprint density at radius 1 is 1.50 bits per heavy atom. The summed E-state index contributed by atoms with van der Waals surface area (Å²) in [6.07, 6.45) is 1.89. The molecule has 20 heavy (non-hydrogen) atoms. The Bertz CT molecular complexity index is 410. The lowest BCUT2D eigenvalue weighted by Gasteiger charge is -2.18. The van der Waals surface area contributed by atoms with Gasteiger partial charge in [-0.3, -0.25) is 0 Å². The molecule has 1 heterocycles. The summed E-state index contributed by atoms with van der Waals surface area (Å²) in [5, 5.41) is 15.9. The van der Waals surface area contributed by atoms with Gasteiger partial charge in [0, 0.05) is 25.7 Å². The van der Waals surface area contributed by atoms with E-state index in [1.165, 1.54) is 0 Å². The third-order valence-electron chi connectivity index (χ3n) is 3.29. The zero-order valence-corrected chi connectivity index (χ0v) is 12.8. The van der Waals surface area contributed by atoms with Crippen molar-refractivity contribution >= 4 is 6.03 Å². The molecule has 0 aliphatic rings. The van der Waals surface area contributed by atoms with E-state index in [0.717, 1.165) is 29.9 Å². The van der Waals surface area contributed by atoms with E-state index in [-0.39, 0.29) is 12.1 Å². The molecule has 1 atom stereocenters. The lowest BCUT2D eigenvalue weighted by molar-refractivity contribution is 0.163. The fourth-order valence-corrected chi connectivity index (χ4v) is 1.94. The summed E-state index contributed by atoms with van der Waals surface area (Å²) >= 11 is 0. The minimum Gasteiger partial charge on any atom is -0.393 e. The maximum atomic E-state index is 11.8. The molecule has 0 fully saturated rings. The van der Waals surface area contributed by atoms with Gasteiger partial charge in [-0.25, -0.2) is 4.79 Å². The Labute approximate surface area is 120 Å². The number of hydrogen-bond donors (Lipinski definition) is 2. The van der Waals surface area contributed by atoms with Gasteiger partial charge in [0.05, 0.1) is 11.8 Å². The number of hydrogen-bond acceptors (Lipinski definition) is 4. The van der Waals surface area contributed by atoms with Crippen LogP contribution in [0.3, 0.4) is 0 Å². The van der Waals surface area contributed by atoms with E-state index in [1.807, 2.05) is 13.8 Å². The molecule has 1 unspecified atom stereocenters. The molecule has 0 aliphatic carbocycles. The van der Waals surface area contributed by atoms with Gasteiger partial charge < -0.3 is 19.8 Å². The van der Waals surface area contributed by atoms with Crippen LogP contribution in [0.15, 0.2) is 4.52 Å². The molecule has 6 nitrogen and oxygen atoms in total. The molecule has 0 bridgehead atoms. The molecule has 2 amide bonds. The Hall–Kier alpha value is -1.56. The lowest BCUT2D eigenvalue weighted by atomic mass is 10.1. The largest absolute Gasteiger partial charge is 0.393 e. The summed E-state index contributed by atoms with van der Waals surface area (Å²) in [4.78, 5) is 13.3. The first-order chi connectivity index (χ1) is 9.41. The number of amides is 2. The number of carbonyl (C=O) groups excluding carboxylic acids is 1. The second-order valence-electron chi connectivity index (χ2n) is 5.20. The molecule has 6 heteroatoms. The van der Waals surface area contributed by atoms with Crippen LogP contribution in [0.2, 0.25) is 0 Å². The monoisotopic (exact) mass is 283 g/mol. The number of urea groups is 1. The van der Waals surface area contributed by atoms with Crippen LogP contribution in [0.1, 0.15) is 36.8 Å². The SMILES string of the molecule is Cc1noc(C)c1CCCNC(=O)N(C)CCC(C)O. The van der Waals surface area contributed by atoms with Crippen molar-refractivity contribution in [3.8, 4) is 0 Å². The van der Waals surface area contributed by atoms with Crippen molar-refractivity contribution in [2.45, 2.75) is 46.1 Å². The highest BCUT2D eigenvalue weighted by molar-refractivity contribution is 5.73. The topological polar surface area (TPSA) is 78.6 Å². The van der Waals surface area contributed by atoms with Crippen LogP contribution in [-0.2, 0) is 6.42 Å². The highest BCUT2D eigenvalue weighted by Crippen LogP contribution is 2.13. The van der Waals surface area contributed by atoms with E-state index < -0.39 is 0 Å². The third kappa shape index (κ3) is 5.21. The van der Waals surface area contributed by atoms with E-state index in [2.05, 4.69) is 10.5 Å². The van der Waals surface area contributed by atoms with Crippen molar-refractivity contribution in [1.82, 2.24) is 15.4 Å². The maximum absolute atomic E-state index is 11.8. The third-order valence-corrected chi connectivity index (χ3v) is 3.29. The standard InChI is InChI=1S/C14H25N3O3/c1-10(18)7-9-17(4)14(19)15-8-5-6-13-11(2)16-20-12(13)3/h10,18H,5-9H2,1-4H3,(H,15,19). The van der Waals surface area contributed by atoms with Crippen molar-refractivity contribution in [2.75, 3.05) is 20.1 Å². The Balaban J connectivity index is 2.22. The van der Waals surface area contributed by atoms with Gasteiger partial charge in [0.25, 0.3) is 0 Å². The molecule has 1 aromatic heterocycles. The normalized spacial score (nSPS) is 12.2. The predicted molar refractivity (Wildman–Crippen MR) is 76.6 cm³/mol. The molecule has 0 aliphatic heterocycles. The first kappa shape index (κ1) is 16.5. The molecule has 1 aromatic rings. The van der Waals surface area contributed by atoms with E-state index in [9.17, 15) is 9.90 Å². The number of aryl methyl sites for hydroxylation is 2. The van der Waals surface area contributed by atoms with Crippen LogP contribution in [0, 0.1) is 13.8 Å². The average Bonchev–Trinajstić information content (AvgIpc) is 2.71. The van der Waals surface area contributed by atoms with Gasteiger partial charge >= 0.3 is 6.03 Å². The zero-order chi connectivity index (χ0) is 15.1. The fraction of sp³-hybridized carbons (Fsp3) is 0.714. The van der Waals surface area contributed by atoms with Crippen LogP contribution in [0.4, 0.5) is 4.79 Å². The summed E-state index contributed by atoms with van der Waals surface area (Å²) in [5.41, 5.74) is 2.05. The summed E-state index contributed by atoms with van der Waals surface area (Å²) in [7, 11) is 1.73. The smallest absolute Gasteiger partial charge is 0.317 e. The van der Waals surface area contributed by atoms with Crippen molar-refractivity contribution < 1.29 is 14.4 Å². The maximum Gasteiger partial charge on any atom is 0.317 e. The Morgan fingerprint density at radius 2 is 2.20 bits per heavy atom. The second kappa shape index (κ2) is 7.89. The van der Waals surface area contributed by atoms with Gasteiger partial charge in [-0.05, 0) is 40.0 Å². The molecular weight excluding hydrogens is 258 g/mol. The van der Waals surface area contributed by atoms with Crippen LogP contribution < -0.4 is 5.32 Å². The van der Waals surface area contributed by atoms with Crippen LogP contribution in [0.25, 0.3) is 0 Å². The number of aliphatic hydroxyl groups excluding tert-OH is 1. The molecule has 0 saturated carbocycles. The number of nitrogens with one attached hydrogen (secondary N) is 1. The highest BCUT2D eigenvalue weighted by Gasteiger charge is 2.10. The molecule has 0 spiro atoms. The quantitative estimate of drug-likeness (QED) is 0.746. The summed E-state index contributed by atoms with van der Waals surface area (Å²) in [5.74, 6) is 0.850. The molecule has 0 saturated heterocycles. The molecule has 0 aromatic carbocycles. The van der Waals surface area contributed by atoms with Crippen LogP contribution in [-0.4, -0.2) is 47.4 Å². The van der Waals surface area contributed by atoms with E-state index >= 15 is 0 Å². The minimum absolute atomic E-state index is 0.107. The number of aromatic nitrogens is 1. The summed E-state index contributed by atoms with van der Waals surface area (Å²) in [6, 6.07) is -0.107. The van der Waals surface area contributed by atoms with Gasteiger partial charge in [0.1, 0.15) is 5.76 Å². The minimum atomic E-state index is -0.384. The molecule has 1 rings (SSSR count). The van der Waals surface area contributed by atoms with Gasteiger partial charge in [0.2, 0.25) is 0 Å². The highest BCUT2D eigenvalue weighted by atomic mass is 16.5. The van der Waals surface area contributed by atoms with Gasteiger partial charge in [-0.1, -0.05) is 5.16 Å². The predicted octanol–water partition coefficient (Wildman–Crippen LogP) is 1.64. The van der Waals surface area contributed by atoms with Gasteiger partial charge in [-0.15, -0.1) is 0 Å². The molecule has 2 N–H and O–H groups in total. The summed E-state index contributed by atoms with van der Waals surface area (Å²) in [6.45, 7) is 6.70. The van der Waals surface area contributed by atoms with E-state index in [4.69, 9.17) is 4.52 Å². The number of rotatable bonds is 7. The van der Waals surface area contributed by atoms with E-state index in [0.29, 0.717) is 19.5 Å². The van der Waals surface area contributed by atoms with Crippen molar-refractivity contribution in [3.63, 3.8) is 0 Å². The van der Waals surface area contributed by atoms with E-state index in [1.54, 1.807) is 18.9 Å². The first-order valence-electron chi connectivity index (χ1n) is 7.00. The zero-order valence-electron chi connectivity index (χ0n) is 12.8. The van der Waals surface area contributed by atoms with Gasteiger partial charge in [-0.2, -0.15) is 0 Å². The molecular formula is C14H25N3O3. The molecule has 114 valence electrons. The van der Waals surface area contributed by atoms with Gasteiger partial charge in [0.15, 0.2) is 0 Å². The second-order valence-corrected chi connectivity index (χ2v) is 5.20. The number of aliphatic hydroxyl groups is 1. The lowest BCUT2D eigenvalue weighted by Crippen LogP contribution is -2.39. The first-order valence-corrected chi connectivity index (χ1v) is 7.00. The van der Waals surface area contributed by atoms with Crippen molar-refractivity contribution in [1.29, 1.82) is 0 Å².